The molecular weight excluding hydrogens is 180 g/mol. The highest BCUT2D eigenvalue weighted by molar-refractivity contribution is 7.74. The van der Waals surface area contributed by atoms with Gasteiger partial charge in [-0.05, 0) is 0 Å². The molecule has 5 heteroatoms. The van der Waals surface area contributed by atoms with Gasteiger partial charge in [-0.1, -0.05) is 32.5 Å². The average Bonchev–Trinajstić information content (AvgIpc) is 1.84. The van der Waals surface area contributed by atoms with Crippen LogP contribution >= 0.6 is 0 Å². The molecule has 0 aromatic heterocycles. The smallest absolute Gasteiger partial charge is 0.0838 e. The van der Waals surface area contributed by atoms with Crippen LogP contribution in [-0.2, 0) is 15.5 Å². The molecule has 0 amide bonds. The first-order valence-electron chi connectivity index (χ1n) is 3.70. The molecule has 0 heterocycles. The van der Waals surface area contributed by atoms with E-state index >= 15 is 0 Å². The fourth-order valence-corrected chi connectivity index (χ4v) is 4.12. The number of hydrogen-bond donors (Lipinski definition) is 0. The van der Waals surface area contributed by atoms with Crippen molar-refractivity contribution in [2.75, 3.05) is 6.23 Å². The van der Waals surface area contributed by atoms with Crippen LogP contribution in [-0.4, -0.2) is 23.1 Å². The average molecular weight is 195 g/mol. The van der Waals surface area contributed by atoms with E-state index in [1.807, 2.05) is 0 Å². The van der Waals surface area contributed by atoms with Crippen LogP contribution in [0.2, 0.25) is 19.1 Å². The van der Waals surface area contributed by atoms with Crippen molar-refractivity contribution in [3.8, 4) is 0 Å². The lowest BCUT2D eigenvalue weighted by Crippen LogP contribution is -2.32. The predicted molar refractivity (Wildman–Crippen MR) is 47.5 cm³/mol. The molecule has 0 aliphatic rings. The summed E-state index contributed by atoms with van der Waals surface area (Å²) in [5, 5.41) is 0. The zero-order chi connectivity index (χ0) is 8.91. The van der Waals surface area contributed by atoms with Crippen LogP contribution in [0, 0.1) is 0 Å². The zero-order valence-electron chi connectivity index (χ0n) is 7.25. The summed E-state index contributed by atoms with van der Waals surface area (Å²) in [6.07, 6.45) is 1.52. The third-order valence-corrected chi connectivity index (χ3v) is 4.77. The summed E-state index contributed by atoms with van der Waals surface area (Å²) in [5.41, 5.74) is 0. The fourth-order valence-electron chi connectivity index (χ4n) is 0.957. The molecular formula is C6H15O3SSi-. The second-order valence-electron chi connectivity index (χ2n) is 3.38. The summed E-state index contributed by atoms with van der Waals surface area (Å²) in [4.78, 5) is 0. The Balaban J connectivity index is 3.63. The van der Waals surface area contributed by atoms with E-state index in [-0.39, 0.29) is 0 Å². The van der Waals surface area contributed by atoms with Crippen LogP contribution in [0.1, 0.15) is 13.3 Å². The lowest BCUT2D eigenvalue weighted by molar-refractivity contribution is 0.343. The van der Waals surface area contributed by atoms with Gasteiger partial charge in [-0.15, -0.1) is 0 Å². The first-order chi connectivity index (χ1) is 4.98. The van der Waals surface area contributed by atoms with Crippen LogP contribution in [0.15, 0.2) is 0 Å². The molecule has 0 bridgehead atoms. The Morgan fingerprint density at radius 3 is 2.45 bits per heavy atom. The second-order valence-corrected chi connectivity index (χ2v) is 9.14. The van der Waals surface area contributed by atoms with E-state index in [9.17, 15) is 8.76 Å². The minimum absolute atomic E-state index is 0.414. The molecule has 0 aliphatic heterocycles. The van der Waals surface area contributed by atoms with E-state index in [2.05, 4.69) is 24.2 Å². The minimum atomic E-state index is -2.33. The second kappa shape index (κ2) is 5.03. The molecule has 0 N–H and O–H groups in total. The van der Waals surface area contributed by atoms with Gasteiger partial charge < -0.3 is 8.74 Å². The van der Waals surface area contributed by atoms with Gasteiger partial charge in [0.1, 0.15) is 0 Å². The van der Waals surface area contributed by atoms with Crippen molar-refractivity contribution >= 4 is 19.4 Å². The van der Waals surface area contributed by atoms with Gasteiger partial charge in [0.25, 0.3) is 0 Å². The monoisotopic (exact) mass is 195 g/mol. The molecule has 68 valence electrons. The topological polar surface area (TPSA) is 49.4 Å². The zero-order valence-corrected chi connectivity index (χ0v) is 9.07. The van der Waals surface area contributed by atoms with Crippen LogP contribution < -0.4 is 0 Å². The van der Waals surface area contributed by atoms with E-state index in [4.69, 9.17) is 0 Å². The van der Waals surface area contributed by atoms with Gasteiger partial charge in [0, 0.05) is 0 Å². The Labute approximate surface area is 71.6 Å². The molecule has 0 rings (SSSR count). The van der Waals surface area contributed by atoms with Crippen molar-refractivity contribution < 1.29 is 12.9 Å². The summed E-state index contributed by atoms with van der Waals surface area (Å²) < 4.78 is 24.6. The first kappa shape index (κ1) is 11.3. The van der Waals surface area contributed by atoms with E-state index < -0.39 is 19.4 Å². The van der Waals surface area contributed by atoms with Crippen molar-refractivity contribution in [3.05, 3.63) is 0 Å². The van der Waals surface area contributed by atoms with Gasteiger partial charge in [0.05, 0.1) is 25.7 Å². The molecule has 3 nitrogen and oxygen atoms in total. The quantitative estimate of drug-likeness (QED) is 0.493. The molecule has 0 spiro atoms. The summed E-state index contributed by atoms with van der Waals surface area (Å²) in [6, 6.07) is 1.12. The summed E-state index contributed by atoms with van der Waals surface area (Å²) in [7, 11) is -1.38. The molecule has 1 unspecified atom stereocenters. The Morgan fingerprint density at radius 1 is 1.55 bits per heavy atom. The number of hydrogen-bond acceptors (Lipinski definition) is 3. The van der Waals surface area contributed by atoms with E-state index in [1.165, 1.54) is 0 Å². The maximum absolute atomic E-state index is 10.1. The van der Waals surface area contributed by atoms with Crippen molar-refractivity contribution in [2.24, 2.45) is 0 Å². The minimum Gasteiger partial charge on any atom is -0.750 e. The Hall–Kier alpha value is 0.287. The number of rotatable bonds is 5. The summed E-state index contributed by atoms with van der Waals surface area (Å²) in [5.74, 6) is 0. The van der Waals surface area contributed by atoms with Gasteiger partial charge in [-0.2, -0.15) is 0 Å². The molecule has 0 saturated heterocycles. The van der Waals surface area contributed by atoms with Crippen molar-refractivity contribution in [1.82, 2.24) is 0 Å². The third-order valence-electron chi connectivity index (χ3n) is 1.47. The highest BCUT2D eigenvalue weighted by Crippen LogP contribution is 2.11. The van der Waals surface area contributed by atoms with E-state index in [1.54, 1.807) is 0 Å². The SMILES string of the molecule is CCC[Si](C)(C)COS(=O)[O-]. The van der Waals surface area contributed by atoms with Gasteiger partial charge in [-0.25, -0.2) is 4.21 Å². The normalized spacial score (nSPS) is 14.9. The van der Waals surface area contributed by atoms with Gasteiger partial charge in [0.15, 0.2) is 0 Å². The van der Waals surface area contributed by atoms with Gasteiger partial charge in [-0.3, -0.25) is 0 Å². The van der Waals surface area contributed by atoms with Crippen LogP contribution in [0.4, 0.5) is 0 Å². The largest absolute Gasteiger partial charge is 0.750 e. The molecule has 11 heavy (non-hydrogen) atoms. The van der Waals surface area contributed by atoms with Gasteiger partial charge in [0.2, 0.25) is 0 Å². The van der Waals surface area contributed by atoms with Crippen molar-refractivity contribution in [2.45, 2.75) is 32.5 Å². The Bertz CT molecular complexity index is 138. The highest BCUT2D eigenvalue weighted by atomic mass is 32.2. The van der Waals surface area contributed by atoms with Crippen molar-refractivity contribution in [3.63, 3.8) is 0 Å². The van der Waals surface area contributed by atoms with Crippen LogP contribution in [0.25, 0.3) is 0 Å². The highest BCUT2D eigenvalue weighted by Gasteiger charge is 2.19. The first-order valence-corrected chi connectivity index (χ1v) is 8.12. The van der Waals surface area contributed by atoms with Gasteiger partial charge >= 0.3 is 0 Å². The maximum Gasteiger partial charge on any atom is 0.0838 e. The van der Waals surface area contributed by atoms with Crippen LogP contribution in [0.3, 0.4) is 0 Å². The van der Waals surface area contributed by atoms with Crippen molar-refractivity contribution in [1.29, 1.82) is 0 Å². The molecule has 0 fully saturated rings. The maximum atomic E-state index is 10.1. The molecule has 1 atom stereocenters. The fraction of sp³-hybridized carbons (Fsp3) is 1.00. The molecule has 0 saturated carbocycles. The molecule has 0 radical (unpaired) electrons. The van der Waals surface area contributed by atoms with Crippen LogP contribution in [0.5, 0.6) is 0 Å². The molecule has 0 aromatic rings. The molecule has 0 aromatic carbocycles. The molecule has 0 aliphatic carbocycles. The standard InChI is InChI=1S/C6H16O3SSi/c1-4-5-11(2,3)6-9-10(7)8/h4-6H2,1-3H3,(H,7,8)/p-1. The van der Waals surface area contributed by atoms with E-state index in [0.717, 1.165) is 12.5 Å². The van der Waals surface area contributed by atoms with E-state index in [0.29, 0.717) is 6.23 Å². The predicted octanol–water partition coefficient (Wildman–Crippen LogP) is 1.45. The third kappa shape index (κ3) is 6.68. The lowest BCUT2D eigenvalue weighted by atomic mass is 10.6. The summed E-state index contributed by atoms with van der Waals surface area (Å²) in [6.45, 7) is 6.36. The summed E-state index contributed by atoms with van der Waals surface area (Å²) >= 11 is -2.33. The Kier molecular flexibility index (Phi) is 5.16. The lowest BCUT2D eigenvalue weighted by Gasteiger charge is -2.21. The Morgan fingerprint density at radius 2 is 2.09 bits per heavy atom.